The lowest BCUT2D eigenvalue weighted by molar-refractivity contribution is 0.102. The van der Waals surface area contributed by atoms with E-state index in [-0.39, 0.29) is 5.91 Å². The summed E-state index contributed by atoms with van der Waals surface area (Å²) in [5, 5.41) is 3.95. The Bertz CT molecular complexity index is 988. The Morgan fingerprint density at radius 1 is 1.14 bits per heavy atom. The quantitative estimate of drug-likeness (QED) is 0.537. The minimum atomic E-state index is -0.238. The van der Waals surface area contributed by atoms with Crippen LogP contribution in [-0.2, 0) is 6.42 Å². The van der Waals surface area contributed by atoms with Gasteiger partial charge in [-0.1, -0.05) is 31.0 Å². The van der Waals surface area contributed by atoms with Crippen LogP contribution >= 0.6 is 22.9 Å². The smallest absolute Gasteiger partial charge is 0.257 e. The number of benzene rings is 2. The average Bonchev–Trinajstić information content (AvgIpc) is 3.10. The summed E-state index contributed by atoms with van der Waals surface area (Å²) in [5.74, 6) is 1.06. The molecule has 3 aromatic rings. The van der Waals surface area contributed by atoms with E-state index in [0.29, 0.717) is 27.2 Å². The Morgan fingerprint density at radius 3 is 2.61 bits per heavy atom. The summed E-state index contributed by atoms with van der Waals surface area (Å²) in [7, 11) is 3.21. The number of ether oxygens (including phenoxy) is 2. The first-order chi connectivity index (χ1) is 13.5. The zero-order valence-corrected chi connectivity index (χ0v) is 17.5. The van der Waals surface area contributed by atoms with Gasteiger partial charge in [0.2, 0.25) is 0 Å². The number of thiazole rings is 1. The van der Waals surface area contributed by atoms with Crippen molar-refractivity contribution in [2.75, 3.05) is 19.5 Å². The highest BCUT2D eigenvalue weighted by Crippen LogP contribution is 2.37. The fraction of sp³-hybridized carbons (Fsp3) is 0.238. The lowest BCUT2D eigenvalue weighted by Gasteiger charge is -2.09. The van der Waals surface area contributed by atoms with Crippen LogP contribution in [0.3, 0.4) is 0 Å². The van der Waals surface area contributed by atoms with Gasteiger partial charge in [0.25, 0.3) is 5.91 Å². The Morgan fingerprint density at radius 2 is 1.93 bits per heavy atom. The van der Waals surface area contributed by atoms with E-state index in [4.69, 9.17) is 21.1 Å². The monoisotopic (exact) mass is 416 g/mol. The molecule has 5 nitrogen and oxygen atoms in total. The number of hydrogen-bond acceptors (Lipinski definition) is 5. The molecule has 0 atom stereocenters. The minimum Gasteiger partial charge on any atom is -0.493 e. The zero-order chi connectivity index (χ0) is 20.1. The van der Waals surface area contributed by atoms with Crippen molar-refractivity contribution >= 4 is 34.0 Å². The third kappa shape index (κ3) is 4.46. The molecule has 3 rings (SSSR count). The van der Waals surface area contributed by atoms with Crippen LogP contribution in [0.25, 0.3) is 11.3 Å². The van der Waals surface area contributed by atoms with E-state index in [0.717, 1.165) is 29.0 Å². The summed E-state index contributed by atoms with van der Waals surface area (Å²) in [6, 6.07) is 12.5. The maximum atomic E-state index is 12.5. The highest BCUT2D eigenvalue weighted by atomic mass is 35.5. The van der Waals surface area contributed by atoms with Crippen LogP contribution in [0.1, 0.15) is 28.6 Å². The third-order valence-corrected chi connectivity index (χ3v) is 5.40. The van der Waals surface area contributed by atoms with Gasteiger partial charge in [0, 0.05) is 21.0 Å². The summed E-state index contributed by atoms with van der Waals surface area (Å²) >= 11 is 7.46. The molecule has 0 radical (unpaired) electrons. The van der Waals surface area contributed by atoms with Crippen molar-refractivity contribution in [2.24, 2.45) is 0 Å². The second-order valence-corrected chi connectivity index (χ2v) is 7.60. The van der Waals surface area contributed by atoms with Crippen LogP contribution < -0.4 is 14.8 Å². The van der Waals surface area contributed by atoms with Crippen molar-refractivity contribution in [1.82, 2.24) is 4.98 Å². The predicted molar refractivity (Wildman–Crippen MR) is 114 cm³/mol. The van der Waals surface area contributed by atoms with Crippen LogP contribution in [0.15, 0.2) is 42.5 Å². The Labute approximate surface area is 173 Å². The number of amides is 1. The van der Waals surface area contributed by atoms with Gasteiger partial charge in [0.05, 0.1) is 19.9 Å². The average molecular weight is 417 g/mol. The molecular formula is C21H21ClN2O3S. The SMILES string of the molecule is CCCc1sc(NC(=O)c2cccc(Cl)c2)nc1-c1ccc(OC)c(OC)c1. The van der Waals surface area contributed by atoms with Crippen molar-refractivity contribution in [2.45, 2.75) is 19.8 Å². The van der Waals surface area contributed by atoms with E-state index in [2.05, 4.69) is 17.2 Å². The van der Waals surface area contributed by atoms with Gasteiger partial charge in [-0.2, -0.15) is 0 Å². The Hall–Kier alpha value is -2.57. The molecule has 0 saturated carbocycles. The number of anilines is 1. The molecular weight excluding hydrogens is 396 g/mol. The second kappa shape index (κ2) is 9.08. The molecule has 1 heterocycles. The summed E-state index contributed by atoms with van der Waals surface area (Å²) in [6.07, 6.45) is 1.85. The standard InChI is InChI=1S/C21H21ClN2O3S/c1-4-6-18-19(13-9-10-16(26-2)17(12-13)27-3)23-21(28-18)24-20(25)14-7-5-8-15(22)11-14/h5,7-12H,4,6H2,1-3H3,(H,23,24,25). The number of aromatic nitrogens is 1. The normalized spacial score (nSPS) is 10.6. The van der Waals surface area contributed by atoms with Crippen molar-refractivity contribution in [3.63, 3.8) is 0 Å². The van der Waals surface area contributed by atoms with E-state index in [9.17, 15) is 4.79 Å². The Balaban J connectivity index is 1.93. The van der Waals surface area contributed by atoms with E-state index in [1.807, 2.05) is 18.2 Å². The second-order valence-electron chi connectivity index (χ2n) is 6.08. The lowest BCUT2D eigenvalue weighted by atomic mass is 10.1. The molecule has 0 unspecified atom stereocenters. The van der Waals surface area contributed by atoms with Crippen LogP contribution in [-0.4, -0.2) is 25.1 Å². The molecule has 1 amide bonds. The van der Waals surface area contributed by atoms with Gasteiger partial charge in [-0.15, -0.1) is 11.3 Å². The molecule has 0 bridgehead atoms. The van der Waals surface area contributed by atoms with Gasteiger partial charge in [-0.05, 0) is 42.8 Å². The van der Waals surface area contributed by atoms with Crippen LogP contribution in [0.4, 0.5) is 5.13 Å². The number of carbonyl (C=O) groups is 1. The molecule has 7 heteroatoms. The summed E-state index contributed by atoms with van der Waals surface area (Å²) < 4.78 is 10.7. The number of nitrogens with zero attached hydrogens (tertiary/aromatic N) is 1. The topological polar surface area (TPSA) is 60.5 Å². The maximum Gasteiger partial charge on any atom is 0.257 e. The van der Waals surface area contributed by atoms with Crippen molar-refractivity contribution in [3.05, 3.63) is 57.9 Å². The van der Waals surface area contributed by atoms with E-state index >= 15 is 0 Å². The predicted octanol–water partition coefficient (Wildman–Crippen LogP) is 5.69. The van der Waals surface area contributed by atoms with Gasteiger partial charge in [-0.3, -0.25) is 10.1 Å². The first-order valence-corrected chi connectivity index (χ1v) is 10.0. The third-order valence-electron chi connectivity index (χ3n) is 4.14. The zero-order valence-electron chi connectivity index (χ0n) is 15.9. The summed E-state index contributed by atoms with van der Waals surface area (Å²) in [5.41, 5.74) is 2.25. The number of aryl methyl sites for hydroxylation is 1. The van der Waals surface area contributed by atoms with Gasteiger partial charge in [0.1, 0.15) is 0 Å². The van der Waals surface area contributed by atoms with Gasteiger partial charge < -0.3 is 9.47 Å². The van der Waals surface area contributed by atoms with E-state index < -0.39 is 0 Å². The first-order valence-electron chi connectivity index (χ1n) is 8.84. The van der Waals surface area contributed by atoms with Gasteiger partial charge in [0.15, 0.2) is 16.6 Å². The van der Waals surface area contributed by atoms with Crippen molar-refractivity contribution < 1.29 is 14.3 Å². The Kier molecular flexibility index (Phi) is 6.54. The summed E-state index contributed by atoms with van der Waals surface area (Å²) in [4.78, 5) is 18.3. The largest absolute Gasteiger partial charge is 0.493 e. The van der Waals surface area contributed by atoms with Crippen LogP contribution in [0, 0.1) is 0 Å². The molecule has 0 saturated heterocycles. The molecule has 0 fully saturated rings. The van der Waals surface area contributed by atoms with Crippen LogP contribution in [0.2, 0.25) is 5.02 Å². The molecule has 146 valence electrons. The first kappa shape index (κ1) is 20.2. The number of halogens is 1. The lowest BCUT2D eigenvalue weighted by Crippen LogP contribution is -2.11. The molecule has 2 aromatic carbocycles. The molecule has 1 aromatic heterocycles. The van der Waals surface area contributed by atoms with Crippen molar-refractivity contribution in [3.8, 4) is 22.8 Å². The van der Waals surface area contributed by atoms with Crippen molar-refractivity contribution in [1.29, 1.82) is 0 Å². The van der Waals surface area contributed by atoms with Crippen LogP contribution in [0.5, 0.6) is 11.5 Å². The number of nitrogens with one attached hydrogen (secondary N) is 1. The minimum absolute atomic E-state index is 0.238. The highest BCUT2D eigenvalue weighted by Gasteiger charge is 2.17. The number of carbonyl (C=O) groups excluding carboxylic acids is 1. The molecule has 0 aliphatic rings. The maximum absolute atomic E-state index is 12.5. The molecule has 0 spiro atoms. The van der Waals surface area contributed by atoms with E-state index in [1.54, 1.807) is 38.5 Å². The fourth-order valence-electron chi connectivity index (χ4n) is 2.81. The highest BCUT2D eigenvalue weighted by molar-refractivity contribution is 7.16. The number of rotatable bonds is 7. The molecule has 0 aliphatic heterocycles. The molecule has 28 heavy (non-hydrogen) atoms. The van der Waals surface area contributed by atoms with Gasteiger partial charge >= 0.3 is 0 Å². The number of methoxy groups -OCH3 is 2. The fourth-order valence-corrected chi connectivity index (χ4v) is 4.08. The summed E-state index contributed by atoms with van der Waals surface area (Å²) in [6.45, 7) is 2.11. The van der Waals surface area contributed by atoms with E-state index in [1.165, 1.54) is 11.3 Å². The van der Waals surface area contributed by atoms with Gasteiger partial charge in [-0.25, -0.2) is 4.98 Å². The number of hydrogen-bond donors (Lipinski definition) is 1. The molecule has 1 N–H and O–H groups in total. The molecule has 0 aliphatic carbocycles.